The molecule has 0 saturated carbocycles. The molecule has 1 heterocycles. The average Bonchev–Trinajstić information content (AvgIpc) is 2.35. The molecule has 0 bridgehead atoms. The molecule has 0 aromatic heterocycles. The van der Waals surface area contributed by atoms with E-state index in [1.165, 1.54) is 0 Å². The Balaban J connectivity index is 2.30. The summed E-state index contributed by atoms with van der Waals surface area (Å²) in [7, 11) is 0. The number of nitrogens with zero attached hydrogens (tertiary/aromatic N) is 1. The molecule has 0 aliphatic carbocycles. The van der Waals surface area contributed by atoms with Gasteiger partial charge in [-0.05, 0) is 13.3 Å². The number of carboxylic acids is 1. The minimum Gasteiger partial charge on any atom is -0.480 e. The molecule has 0 spiro atoms. The third-order valence-electron chi connectivity index (χ3n) is 3.27. The summed E-state index contributed by atoms with van der Waals surface area (Å²) in [5.74, 6) is -0.739. The van der Waals surface area contributed by atoms with Gasteiger partial charge in [0.25, 0.3) is 0 Å². The Morgan fingerprint density at radius 1 is 1.44 bits per heavy atom. The lowest BCUT2D eigenvalue weighted by molar-refractivity contribution is -0.140. The fourth-order valence-corrected chi connectivity index (χ4v) is 2.25. The standard InChI is InChI=1S/C13H26N2O3/c1-3-4-5-12(13(16)17)14-11(2)10-15-6-8-18-9-7-15/h11-12,14H,3-10H2,1-2H3,(H,16,17). The quantitative estimate of drug-likeness (QED) is 0.678. The van der Waals surface area contributed by atoms with Gasteiger partial charge in [-0.15, -0.1) is 0 Å². The maximum Gasteiger partial charge on any atom is 0.320 e. The predicted octanol–water partition coefficient (Wildman–Crippen LogP) is 0.940. The van der Waals surface area contributed by atoms with E-state index in [1.54, 1.807) is 0 Å². The van der Waals surface area contributed by atoms with Crippen molar-refractivity contribution in [2.45, 2.75) is 45.2 Å². The molecule has 0 radical (unpaired) electrons. The fraction of sp³-hybridized carbons (Fsp3) is 0.923. The van der Waals surface area contributed by atoms with Gasteiger partial charge in [0.05, 0.1) is 13.2 Å². The lowest BCUT2D eigenvalue weighted by Crippen LogP contribution is -2.49. The van der Waals surface area contributed by atoms with Crippen LogP contribution in [0.5, 0.6) is 0 Å². The van der Waals surface area contributed by atoms with Gasteiger partial charge < -0.3 is 15.2 Å². The zero-order valence-electron chi connectivity index (χ0n) is 11.5. The smallest absolute Gasteiger partial charge is 0.320 e. The second-order valence-corrected chi connectivity index (χ2v) is 5.01. The molecule has 2 N–H and O–H groups in total. The number of nitrogens with one attached hydrogen (secondary N) is 1. The van der Waals surface area contributed by atoms with Crippen LogP contribution in [0.15, 0.2) is 0 Å². The molecule has 0 aromatic rings. The molecule has 1 aliphatic rings. The van der Waals surface area contributed by atoms with Gasteiger partial charge in [-0.2, -0.15) is 0 Å². The van der Waals surface area contributed by atoms with Crippen LogP contribution in [0.3, 0.4) is 0 Å². The van der Waals surface area contributed by atoms with Crippen molar-refractivity contribution in [1.29, 1.82) is 0 Å². The molecule has 106 valence electrons. The Kier molecular flexibility index (Phi) is 7.23. The molecule has 18 heavy (non-hydrogen) atoms. The van der Waals surface area contributed by atoms with Crippen molar-refractivity contribution < 1.29 is 14.6 Å². The van der Waals surface area contributed by atoms with E-state index in [1.807, 2.05) is 0 Å². The minimum absolute atomic E-state index is 0.195. The van der Waals surface area contributed by atoms with Crippen LogP contribution in [-0.4, -0.2) is 60.9 Å². The van der Waals surface area contributed by atoms with E-state index >= 15 is 0 Å². The van der Waals surface area contributed by atoms with Gasteiger partial charge >= 0.3 is 5.97 Å². The molecule has 5 nitrogen and oxygen atoms in total. The molecule has 1 rings (SSSR count). The Labute approximate surface area is 109 Å². The van der Waals surface area contributed by atoms with E-state index in [0.29, 0.717) is 6.42 Å². The molecule has 2 atom stereocenters. The van der Waals surface area contributed by atoms with E-state index in [2.05, 4.69) is 24.1 Å². The molecule has 0 aromatic carbocycles. The maximum atomic E-state index is 11.1. The largest absolute Gasteiger partial charge is 0.480 e. The van der Waals surface area contributed by atoms with Crippen LogP contribution in [0.2, 0.25) is 0 Å². The molecular formula is C13H26N2O3. The zero-order chi connectivity index (χ0) is 13.4. The van der Waals surface area contributed by atoms with Gasteiger partial charge in [0.1, 0.15) is 6.04 Å². The number of hydrogen-bond acceptors (Lipinski definition) is 4. The van der Waals surface area contributed by atoms with Gasteiger partial charge in [0, 0.05) is 25.7 Å². The van der Waals surface area contributed by atoms with Crippen LogP contribution in [-0.2, 0) is 9.53 Å². The molecule has 1 saturated heterocycles. The third-order valence-corrected chi connectivity index (χ3v) is 3.27. The number of hydrogen-bond donors (Lipinski definition) is 2. The number of carboxylic acid groups (broad SMARTS) is 1. The van der Waals surface area contributed by atoms with Crippen LogP contribution in [0.25, 0.3) is 0 Å². The van der Waals surface area contributed by atoms with Gasteiger partial charge in [-0.3, -0.25) is 9.69 Å². The second kappa shape index (κ2) is 8.45. The number of carbonyl (C=O) groups is 1. The van der Waals surface area contributed by atoms with Crippen LogP contribution in [0.1, 0.15) is 33.1 Å². The van der Waals surface area contributed by atoms with Gasteiger partial charge in [0.15, 0.2) is 0 Å². The van der Waals surface area contributed by atoms with E-state index in [4.69, 9.17) is 9.84 Å². The van der Waals surface area contributed by atoms with Crippen molar-refractivity contribution in [1.82, 2.24) is 10.2 Å². The zero-order valence-corrected chi connectivity index (χ0v) is 11.5. The first-order valence-corrected chi connectivity index (χ1v) is 6.92. The predicted molar refractivity (Wildman–Crippen MR) is 70.8 cm³/mol. The summed E-state index contributed by atoms with van der Waals surface area (Å²) in [5.41, 5.74) is 0. The van der Waals surface area contributed by atoms with E-state index in [-0.39, 0.29) is 6.04 Å². The average molecular weight is 258 g/mol. The number of unbranched alkanes of at least 4 members (excludes halogenated alkanes) is 1. The Bertz CT molecular complexity index is 242. The highest BCUT2D eigenvalue weighted by Gasteiger charge is 2.20. The van der Waals surface area contributed by atoms with Crippen molar-refractivity contribution in [2.24, 2.45) is 0 Å². The number of rotatable bonds is 8. The first-order valence-electron chi connectivity index (χ1n) is 6.92. The van der Waals surface area contributed by atoms with Crippen molar-refractivity contribution in [3.05, 3.63) is 0 Å². The molecule has 1 fully saturated rings. The van der Waals surface area contributed by atoms with Gasteiger partial charge in [-0.1, -0.05) is 19.8 Å². The lowest BCUT2D eigenvalue weighted by atomic mass is 10.1. The van der Waals surface area contributed by atoms with Crippen molar-refractivity contribution in [2.75, 3.05) is 32.8 Å². The van der Waals surface area contributed by atoms with Gasteiger partial charge in [0.2, 0.25) is 0 Å². The lowest BCUT2D eigenvalue weighted by Gasteiger charge is -2.30. The van der Waals surface area contributed by atoms with Crippen LogP contribution in [0.4, 0.5) is 0 Å². The first-order chi connectivity index (χ1) is 8.63. The molecule has 0 amide bonds. The fourth-order valence-electron chi connectivity index (χ4n) is 2.25. The molecular weight excluding hydrogens is 232 g/mol. The molecule has 5 heteroatoms. The summed E-state index contributed by atoms with van der Waals surface area (Å²) in [5, 5.41) is 12.4. The van der Waals surface area contributed by atoms with Crippen LogP contribution < -0.4 is 5.32 Å². The number of morpholine rings is 1. The third kappa shape index (κ3) is 5.80. The summed E-state index contributed by atoms with van der Waals surface area (Å²) in [6, 6.07) is -0.220. The van der Waals surface area contributed by atoms with E-state index < -0.39 is 12.0 Å². The first kappa shape index (κ1) is 15.4. The van der Waals surface area contributed by atoms with E-state index in [0.717, 1.165) is 45.7 Å². The summed E-state index contributed by atoms with van der Waals surface area (Å²) in [6.45, 7) is 8.47. The second-order valence-electron chi connectivity index (χ2n) is 5.01. The SMILES string of the molecule is CCCCC(NC(C)CN1CCOCC1)C(=O)O. The summed E-state index contributed by atoms with van der Waals surface area (Å²) in [6.07, 6.45) is 2.69. The van der Waals surface area contributed by atoms with Crippen LogP contribution in [0, 0.1) is 0 Å². The van der Waals surface area contributed by atoms with Gasteiger partial charge in [-0.25, -0.2) is 0 Å². The minimum atomic E-state index is -0.739. The summed E-state index contributed by atoms with van der Waals surface area (Å²) >= 11 is 0. The Morgan fingerprint density at radius 3 is 2.67 bits per heavy atom. The van der Waals surface area contributed by atoms with Crippen molar-refractivity contribution in [3.63, 3.8) is 0 Å². The summed E-state index contributed by atoms with van der Waals surface area (Å²) in [4.78, 5) is 13.5. The topological polar surface area (TPSA) is 61.8 Å². The maximum absolute atomic E-state index is 11.1. The highest BCUT2D eigenvalue weighted by molar-refractivity contribution is 5.73. The number of ether oxygens (including phenoxy) is 1. The number of aliphatic carboxylic acids is 1. The molecule has 1 aliphatic heterocycles. The van der Waals surface area contributed by atoms with E-state index in [9.17, 15) is 4.79 Å². The Hall–Kier alpha value is -0.650. The van der Waals surface area contributed by atoms with Crippen molar-refractivity contribution >= 4 is 5.97 Å². The van der Waals surface area contributed by atoms with Crippen LogP contribution >= 0.6 is 0 Å². The highest BCUT2D eigenvalue weighted by atomic mass is 16.5. The molecule has 2 unspecified atom stereocenters. The summed E-state index contributed by atoms with van der Waals surface area (Å²) < 4.78 is 5.30. The van der Waals surface area contributed by atoms with Crippen molar-refractivity contribution in [3.8, 4) is 0 Å². The highest BCUT2D eigenvalue weighted by Crippen LogP contribution is 2.04. The normalized spacial score (nSPS) is 20.6. The monoisotopic (exact) mass is 258 g/mol. The Morgan fingerprint density at radius 2 is 2.11 bits per heavy atom.